The van der Waals surface area contributed by atoms with Crippen molar-refractivity contribution in [3.8, 4) is 17.1 Å². The summed E-state index contributed by atoms with van der Waals surface area (Å²) >= 11 is 1.43. The van der Waals surface area contributed by atoms with Crippen LogP contribution in [-0.2, 0) is 9.47 Å². The van der Waals surface area contributed by atoms with Gasteiger partial charge in [0.2, 0.25) is 0 Å². The van der Waals surface area contributed by atoms with E-state index in [1.165, 1.54) is 11.5 Å². The second-order valence-electron chi connectivity index (χ2n) is 8.60. The second kappa shape index (κ2) is 8.47. The van der Waals surface area contributed by atoms with Crippen LogP contribution in [0.4, 0.5) is 5.82 Å². The van der Waals surface area contributed by atoms with Gasteiger partial charge in [-0.15, -0.1) is 0 Å². The Morgan fingerprint density at radius 1 is 1.18 bits per heavy atom. The number of hydrogen-bond donors (Lipinski definition) is 0. The topological polar surface area (TPSA) is 96.0 Å². The van der Waals surface area contributed by atoms with Gasteiger partial charge in [-0.1, -0.05) is 0 Å². The number of rotatable bonds is 4. The molecule has 2 saturated heterocycles. The molecule has 2 fully saturated rings. The molecule has 2 aliphatic heterocycles. The summed E-state index contributed by atoms with van der Waals surface area (Å²) in [5.74, 6) is 0.891. The minimum absolute atomic E-state index is 0.0727. The Balaban J connectivity index is 1.53. The first-order valence-electron chi connectivity index (χ1n) is 11.4. The number of pyridine rings is 1. The highest BCUT2D eigenvalue weighted by Gasteiger charge is 2.27. The third-order valence-electron chi connectivity index (χ3n) is 6.25. The van der Waals surface area contributed by atoms with Crippen molar-refractivity contribution in [2.45, 2.75) is 45.4 Å². The summed E-state index contributed by atoms with van der Waals surface area (Å²) in [5.41, 5.74) is 4.48. The van der Waals surface area contributed by atoms with E-state index in [2.05, 4.69) is 34.0 Å². The third kappa shape index (κ3) is 3.69. The van der Waals surface area contributed by atoms with Crippen molar-refractivity contribution in [3.05, 3.63) is 30.5 Å². The molecule has 0 aromatic carbocycles. The number of hydrogen-bond acceptors (Lipinski definition) is 9. The van der Waals surface area contributed by atoms with Gasteiger partial charge in [0.05, 0.1) is 36.3 Å². The molecule has 2 atom stereocenters. The SMILES string of the molecule is Cc1cc(-c2nsc3c(-n4cncn4)cc(N4CCOC[C@H]4C)nc23)n(C2CCCCO2)n1. The maximum Gasteiger partial charge on any atom is 0.150 e. The van der Waals surface area contributed by atoms with Gasteiger partial charge in [0.1, 0.15) is 34.4 Å². The summed E-state index contributed by atoms with van der Waals surface area (Å²) in [7, 11) is 0. The van der Waals surface area contributed by atoms with Crippen LogP contribution in [0.2, 0.25) is 0 Å². The molecule has 6 heterocycles. The molecule has 0 N–H and O–H groups in total. The van der Waals surface area contributed by atoms with Crippen LogP contribution in [0.25, 0.3) is 27.3 Å². The van der Waals surface area contributed by atoms with Gasteiger partial charge in [-0.25, -0.2) is 19.3 Å². The fraction of sp³-hybridized carbons (Fsp3) is 0.500. The van der Waals surface area contributed by atoms with Crippen molar-refractivity contribution in [3.63, 3.8) is 0 Å². The van der Waals surface area contributed by atoms with Gasteiger partial charge >= 0.3 is 0 Å². The van der Waals surface area contributed by atoms with Crippen molar-refractivity contribution >= 4 is 27.6 Å². The van der Waals surface area contributed by atoms with E-state index in [9.17, 15) is 0 Å². The van der Waals surface area contributed by atoms with Crippen LogP contribution in [-0.4, -0.2) is 66.3 Å². The van der Waals surface area contributed by atoms with Crippen LogP contribution in [0.1, 0.15) is 38.1 Å². The Morgan fingerprint density at radius 3 is 2.91 bits per heavy atom. The molecule has 0 amide bonds. The minimum Gasteiger partial charge on any atom is -0.377 e. The van der Waals surface area contributed by atoms with E-state index in [0.29, 0.717) is 13.2 Å². The van der Waals surface area contributed by atoms with Gasteiger partial charge in [-0.2, -0.15) is 14.6 Å². The lowest BCUT2D eigenvalue weighted by Crippen LogP contribution is -2.44. The maximum atomic E-state index is 6.05. The summed E-state index contributed by atoms with van der Waals surface area (Å²) in [6.45, 7) is 7.07. The highest BCUT2D eigenvalue weighted by molar-refractivity contribution is 7.14. The summed E-state index contributed by atoms with van der Waals surface area (Å²) in [6.07, 6.45) is 6.36. The molecule has 1 unspecified atom stereocenters. The fourth-order valence-electron chi connectivity index (χ4n) is 4.61. The zero-order valence-electron chi connectivity index (χ0n) is 18.7. The Bertz CT molecular complexity index is 1260. The van der Waals surface area contributed by atoms with Crippen LogP contribution >= 0.6 is 11.5 Å². The Labute approximate surface area is 195 Å². The van der Waals surface area contributed by atoms with E-state index >= 15 is 0 Å². The van der Waals surface area contributed by atoms with Crippen LogP contribution in [0.5, 0.6) is 0 Å². The van der Waals surface area contributed by atoms with Crippen molar-refractivity contribution in [1.29, 1.82) is 0 Å². The molecule has 0 bridgehead atoms. The number of aryl methyl sites for hydroxylation is 1. The number of ether oxygens (including phenoxy) is 2. The molecule has 0 radical (unpaired) electrons. The van der Waals surface area contributed by atoms with Crippen molar-refractivity contribution in [1.82, 2.24) is 33.9 Å². The quantitative estimate of drug-likeness (QED) is 0.452. The molecule has 0 saturated carbocycles. The Hall–Kier alpha value is -2.89. The first-order valence-corrected chi connectivity index (χ1v) is 12.1. The molecule has 11 heteroatoms. The molecular formula is C22H26N8O2S. The first kappa shape index (κ1) is 20.7. The molecule has 172 valence electrons. The third-order valence-corrected chi connectivity index (χ3v) is 7.11. The summed E-state index contributed by atoms with van der Waals surface area (Å²) in [5, 5.41) is 9.16. The zero-order valence-corrected chi connectivity index (χ0v) is 19.5. The molecule has 6 rings (SSSR count). The molecule has 33 heavy (non-hydrogen) atoms. The largest absolute Gasteiger partial charge is 0.377 e. The predicted octanol–water partition coefficient (Wildman–Crippen LogP) is 3.37. The van der Waals surface area contributed by atoms with E-state index in [1.54, 1.807) is 17.3 Å². The second-order valence-corrected chi connectivity index (χ2v) is 9.38. The lowest BCUT2D eigenvalue weighted by molar-refractivity contribution is -0.0385. The minimum atomic E-state index is -0.0727. The van der Waals surface area contributed by atoms with E-state index in [0.717, 1.165) is 71.2 Å². The predicted molar refractivity (Wildman–Crippen MR) is 125 cm³/mol. The van der Waals surface area contributed by atoms with Gasteiger partial charge in [0.25, 0.3) is 0 Å². The van der Waals surface area contributed by atoms with Gasteiger partial charge in [0, 0.05) is 19.2 Å². The van der Waals surface area contributed by atoms with Gasteiger partial charge in [-0.3, -0.25) is 0 Å². The molecular weight excluding hydrogens is 440 g/mol. The molecule has 4 aromatic heterocycles. The highest BCUT2D eigenvalue weighted by Crippen LogP contribution is 2.38. The van der Waals surface area contributed by atoms with Crippen molar-refractivity contribution < 1.29 is 9.47 Å². The van der Waals surface area contributed by atoms with E-state index in [-0.39, 0.29) is 12.3 Å². The van der Waals surface area contributed by atoms with Gasteiger partial charge in [0.15, 0.2) is 6.23 Å². The average molecular weight is 467 g/mol. The Morgan fingerprint density at radius 2 is 2.12 bits per heavy atom. The van der Waals surface area contributed by atoms with E-state index in [4.69, 9.17) is 23.9 Å². The van der Waals surface area contributed by atoms with Crippen molar-refractivity contribution in [2.75, 3.05) is 31.3 Å². The zero-order chi connectivity index (χ0) is 22.4. The average Bonchev–Trinajstić information content (AvgIpc) is 3.59. The van der Waals surface area contributed by atoms with Gasteiger partial charge in [-0.05, 0) is 50.7 Å². The van der Waals surface area contributed by atoms with E-state index < -0.39 is 0 Å². The number of anilines is 1. The van der Waals surface area contributed by atoms with Gasteiger partial charge < -0.3 is 14.4 Å². The summed E-state index contributed by atoms with van der Waals surface area (Å²) < 4.78 is 21.3. The fourth-order valence-corrected chi connectivity index (χ4v) is 5.44. The van der Waals surface area contributed by atoms with Crippen molar-refractivity contribution in [2.24, 2.45) is 0 Å². The smallest absolute Gasteiger partial charge is 0.150 e. The molecule has 0 spiro atoms. The Kier molecular flexibility index (Phi) is 5.31. The van der Waals surface area contributed by atoms with E-state index in [1.807, 2.05) is 11.6 Å². The van der Waals surface area contributed by atoms with Crippen LogP contribution in [0, 0.1) is 6.92 Å². The lowest BCUT2D eigenvalue weighted by atomic mass is 10.1. The maximum absolute atomic E-state index is 6.05. The normalized spacial score (nSPS) is 21.7. The molecule has 10 nitrogen and oxygen atoms in total. The number of fused-ring (bicyclic) bond motifs is 1. The lowest BCUT2D eigenvalue weighted by Gasteiger charge is -2.34. The molecule has 2 aliphatic rings. The highest BCUT2D eigenvalue weighted by atomic mass is 32.1. The number of aromatic nitrogens is 7. The van der Waals surface area contributed by atoms with Crippen LogP contribution in [0.3, 0.4) is 0 Å². The summed E-state index contributed by atoms with van der Waals surface area (Å²) in [4.78, 5) is 11.6. The number of nitrogens with zero attached hydrogens (tertiary/aromatic N) is 8. The molecule has 4 aromatic rings. The number of morpholine rings is 1. The standard InChI is InChI=1S/C22H26N8O2S/c1-14-9-16(30(26-14)19-5-3-4-7-32-19)20-21-22(33-27-20)17(29-13-23-12-24-29)10-18(25-21)28-6-8-31-11-15(28)2/h9-10,12-13,15,19H,3-8,11H2,1-2H3/t15-,19?/m1/s1. The summed E-state index contributed by atoms with van der Waals surface area (Å²) in [6, 6.07) is 4.38. The first-order chi connectivity index (χ1) is 16.2. The van der Waals surface area contributed by atoms with Crippen LogP contribution < -0.4 is 4.90 Å². The van der Waals surface area contributed by atoms with Crippen LogP contribution in [0.15, 0.2) is 24.8 Å². The molecule has 0 aliphatic carbocycles. The monoisotopic (exact) mass is 466 g/mol.